The molecule has 42 valence electrons. The van der Waals surface area contributed by atoms with Crippen LogP contribution in [0.15, 0.2) is 11.0 Å². The zero-order valence-electron chi connectivity index (χ0n) is 5.19. The van der Waals surface area contributed by atoms with E-state index in [0.717, 1.165) is 6.42 Å². The predicted octanol–water partition coefficient (Wildman–Crippen LogP) is 2.66. The lowest BCUT2D eigenvalue weighted by molar-refractivity contribution is 1.21. The topological polar surface area (TPSA) is 0 Å². The Balaban J connectivity index is 3.29. The second-order valence-corrected chi connectivity index (χ2v) is 2.48. The summed E-state index contributed by atoms with van der Waals surface area (Å²) >= 11 is 1.81. The molecule has 7 heavy (non-hydrogen) atoms. The Morgan fingerprint density at radius 3 is 2.43 bits per heavy atom. The summed E-state index contributed by atoms with van der Waals surface area (Å²) in [7, 11) is 0. The second kappa shape index (κ2) is 4.25. The van der Waals surface area contributed by atoms with E-state index in [2.05, 4.69) is 26.2 Å². The Kier molecular flexibility index (Phi) is 4.31. The molecule has 0 aliphatic carbocycles. The molecule has 0 aliphatic heterocycles. The van der Waals surface area contributed by atoms with Gasteiger partial charge in [-0.3, -0.25) is 0 Å². The summed E-state index contributed by atoms with van der Waals surface area (Å²) in [6, 6.07) is 0. The van der Waals surface area contributed by atoms with Crippen LogP contribution in [-0.4, -0.2) is 6.26 Å². The first-order valence-electron chi connectivity index (χ1n) is 2.52. The summed E-state index contributed by atoms with van der Waals surface area (Å²) in [4.78, 5) is 1.42. The predicted molar refractivity (Wildman–Crippen MR) is 37.6 cm³/mol. The van der Waals surface area contributed by atoms with Gasteiger partial charge in [-0.2, -0.15) is 0 Å². The molecule has 0 fully saturated rings. The highest BCUT2D eigenvalue weighted by Crippen LogP contribution is 2.09. The van der Waals surface area contributed by atoms with Gasteiger partial charge in [0.2, 0.25) is 0 Å². The van der Waals surface area contributed by atoms with E-state index < -0.39 is 0 Å². The average Bonchev–Trinajstić information content (AvgIpc) is 1.68. The van der Waals surface area contributed by atoms with Crippen molar-refractivity contribution in [3.05, 3.63) is 11.0 Å². The SMILES string of the molecule is CC/C=C(/C)SC. The maximum absolute atomic E-state index is 2.23. The number of rotatable bonds is 2. The number of allylic oxidation sites excluding steroid dienone is 2. The third-order valence-electron chi connectivity index (χ3n) is 0.814. The Bertz CT molecular complexity index is 64.6. The van der Waals surface area contributed by atoms with E-state index in [0.29, 0.717) is 0 Å². The molecule has 0 aromatic heterocycles. The van der Waals surface area contributed by atoms with Gasteiger partial charge in [-0.05, 0) is 24.5 Å². The highest BCUT2D eigenvalue weighted by atomic mass is 32.2. The van der Waals surface area contributed by atoms with Crippen LogP contribution < -0.4 is 0 Å². The van der Waals surface area contributed by atoms with Crippen LogP contribution in [0.2, 0.25) is 0 Å². The van der Waals surface area contributed by atoms with Crippen molar-refractivity contribution in [1.82, 2.24) is 0 Å². The molecule has 0 atom stereocenters. The first-order chi connectivity index (χ1) is 3.31. The quantitative estimate of drug-likeness (QED) is 0.534. The smallest absolute Gasteiger partial charge is 0.0140 e. The Morgan fingerprint density at radius 1 is 1.71 bits per heavy atom. The van der Waals surface area contributed by atoms with E-state index in [1.807, 2.05) is 11.8 Å². The molecule has 0 bridgehead atoms. The molecule has 0 saturated carbocycles. The van der Waals surface area contributed by atoms with Crippen molar-refractivity contribution in [2.24, 2.45) is 0 Å². The van der Waals surface area contributed by atoms with Crippen LogP contribution in [0.5, 0.6) is 0 Å². The molecule has 0 N–H and O–H groups in total. The fourth-order valence-electron chi connectivity index (χ4n) is 0.371. The van der Waals surface area contributed by atoms with E-state index in [1.165, 1.54) is 4.91 Å². The van der Waals surface area contributed by atoms with Gasteiger partial charge < -0.3 is 0 Å². The Morgan fingerprint density at radius 2 is 2.29 bits per heavy atom. The zero-order chi connectivity index (χ0) is 5.70. The van der Waals surface area contributed by atoms with Gasteiger partial charge in [-0.1, -0.05) is 13.0 Å². The normalized spacial score (nSPS) is 12.1. The van der Waals surface area contributed by atoms with Crippen LogP contribution >= 0.6 is 11.8 Å². The van der Waals surface area contributed by atoms with Crippen molar-refractivity contribution < 1.29 is 0 Å². The first kappa shape index (κ1) is 7.09. The van der Waals surface area contributed by atoms with E-state index in [1.54, 1.807) is 0 Å². The lowest BCUT2D eigenvalue weighted by Crippen LogP contribution is -1.61. The molecule has 0 aliphatic rings. The van der Waals surface area contributed by atoms with Crippen molar-refractivity contribution in [2.75, 3.05) is 6.26 Å². The lowest BCUT2D eigenvalue weighted by Gasteiger charge is -1.88. The van der Waals surface area contributed by atoms with Gasteiger partial charge in [0.05, 0.1) is 0 Å². The summed E-state index contributed by atoms with van der Waals surface area (Å²) in [5.74, 6) is 0. The van der Waals surface area contributed by atoms with E-state index >= 15 is 0 Å². The largest absolute Gasteiger partial charge is 0.135 e. The third-order valence-corrected chi connectivity index (χ3v) is 1.62. The molecule has 0 unspecified atom stereocenters. The zero-order valence-corrected chi connectivity index (χ0v) is 6.01. The van der Waals surface area contributed by atoms with Crippen molar-refractivity contribution in [3.8, 4) is 0 Å². The fraction of sp³-hybridized carbons (Fsp3) is 0.667. The Labute approximate surface area is 50.0 Å². The average molecular weight is 116 g/mol. The third kappa shape index (κ3) is 3.93. The monoisotopic (exact) mass is 116 g/mol. The molecule has 0 saturated heterocycles. The molecule has 1 heteroatoms. The van der Waals surface area contributed by atoms with Gasteiger partial charge in [0.15, 0.2) is 0 Å². The van der Waals surface area contributed by atoms with E-state index in [-0.39, 0.29) is 0 Å². The molecule has 0 amide bonds. The van der Waals surface area contributed by atoms with Crippen molar-refractivity contribution in [3.63, 3.8) is 0 Å². The number of hydrogen-bond acceptors (Lipinski definition) is 1. The summed E-state index contributed by atoms with van der Waals surface area (Å²) in [5.41, 5.74) is 0. The standard InChI is InChI=1S/C6H12S/c1-4-5-6(2)7-3/h5H,4H2,1-3H3/b6-5-. The molecule has 0 aromatic rings. The van der Waals surface area contributed by atoms with Gasteiger partial charge in [-0.25, -0.2) is 0 Å². The minimum absolute atomic E-state index is 1.16. The maximum Gasteiger partial charge on any atom is -0.0140 e. The second-order valence-electron chi connectivity index (χ2n) is 1.43. The summed E-state index contributed by atoms with van der Waals surface area (Å²) in [5, 5.41) is 0. The summed E-state index contributed by atoms with van der Waals surface area (Å²) in [6.07, 6.45) is 5.48. The van der Waals surface area contributed by atoms with Crippen LogP contribution in [0.4, 0.5) is 0 Å². The minimum atomic E-state index is 1.16. The molecular weight excluding hydrogens is 104 g/mol. The summed E-state index contributed by atoms with van der Waals surface area (Å²) < 4.78 is 0. The molecule has 0 radical (unpaired) electrons. The van der Waals surface area contributed by atoms with Crippen molar-refractivity contribution >= 4 is 11.8 Å². The highest BCUT2D eigenvalue weighted by molar-refractivity contribution is 8.02. The highest BCUT2D eigenvalue weighted by Gasteiger charge is 1.77. The van der Waals surface area contributed by atoms with Crippen molar-refractivity contribution in [2.45, 2.75) is 20.3 Å². The first-order valence-corrected chi connectivity index (χ1v) is 3.74. The van der Waals surface area contributed by atoms with Crippen LogP contribution in [-0.2, 0) is 0 Å². The van der Waals surface area contributed by atoms with Crippen LogP contribution in [0.25, 0.3) is 0 Å². The number of hydrogen-bond donors (Lipinski definition) is 0. The minimum Gasteiger partial charge on any atom is -0.135 e. The van der Waals surface area contributed by atoms with Gasteiger partial charge in [0.1, 0.15) is 0 Å². The molecule has 0 spiro atoms. The lowest BCUT2D eigenvalue weighted by atomic mass is 10.4. The number of thioether (sulfide) groups is 1. The molecule has 0 nitrogen and oxygen atoms in total. The van der Waals surface area contributed by atoms with Crippen molar-refractivity contribution in [1.29, 1.82) is 0 Å². The van der Waals surface area contributed by atoms with Gasteiger partial charge in [0, 0.05) is 0 Å². The molecule has 0 aromatic carbocycles. The maximum atomic E-state index is 2.23. The van der Waals surface area contributed by atoms with Gasteiger partial charge in [0.25, 0.3) is 0 Å². The van der Waals surface area contributed by atoms with Gasteiger partial charge in [-0.15, -0.1) is 11.8 Å². The van der Waals surface area contributed by atoms with Crippen LogP contribution in [0, 0.1) is 0 Å². The van der Waals surface area contributed by atoms with Crippen LogP contribution in [0.1, 0.15) is 20.3 Å². The fourth-order valence-corrected chi connectivity index (χ4v) is 0.704. The molecular formula is C6H12S. The van der Waals surface area contributed by atoms with E-state index in [4.69, 9.17) is 0 Å². The van der Waals surface area contributed by atoms with Gasteiger partial charge >= 0.3 is 0 Å². The molecule has 0 heterocycles. The Hall–Kier alpha value is 0.0900. The van der Waals surface area contributed by atoms with Crippen LogP contribution in [0.3, 0.4) is 0 Å². The summed E-state index contributed by atoms with van der Waals surface area (Å²) in [6.45, 7) is 4.29. The molecule has 0 rings (SSSR count). The van der Waals surface area contributed by atoms with E-state index in [9.17, 15) is 0 Å².